The van der Waals surface area contributed by atoms with Crippen molar-refractivity contribution in [3.63, 3.8) is 0 Å². The average molecular weight is 476 g/mol. The number of para-hydroxylation sites is 1. The molecule has 1 aliphatic rings. The highest BCUT2D eigenvalue weighted by molar-refractivity contribution is 7.92. The van der Waals surface area contributed by atoms with Crippen molar-refractivity contribution < 1.29 is 18.0 Å². The number of aromatic nitrogens is 3. The lowest BCUT2D eigenvalue weighted by atomic mass is 10.0. The standard InChI is InChI=1S/C24H21N5O4S/c1-15-7-9-17(10-8-15)34(32,33)27-19-6-3-5-16-13-20(18-14-21(30)28(2)23(18)31)29(22(16)19)24-25-11-4-12-26-24/h3-13,18,27H,14H2,1-2H3/t18-/m1/s1. The van der Waals surface area contributed by atoms with E-state index in [1.54, 1.807) is 65.5 Å². The van der Waals surface area contributed by atoms with Crippen LogP contribution in [0.4, 0.5) is 5.69 Å². The molecule has 34 heavy (non-hydrogen) atoms. The van der Waals surface area contributed by atoms with E-state index in [1.165, 1.54) is 7.05 Å². The second kappa shape index (κ2) is 8.07. The van der Waals surface area contributed by atoms with Crippen molar-refractivity contribution in [1.82, 2.24) is 19.4 Å². The second-order valence-electron chi connectivity index (χ2n) is 8.16. The lowest BCUT2D eigenvalue weighted by molar-refractivity contribution is -0.137. The summed E-state index contributed by atoms with van der Waals surface area (Å²) in [5.74, 6) is -1.06. The Labute approximate surface area is 196 Å². The summed E-state index contributed by atoms with van der Waals surface area (Å²) in [4.78, 5) is 35.0. The fourth-order valence-electron chi connectivity index (χ4n) is 4.15. The molecule has 10 heteroatoms. The number of sulfonamides is 1. The van der Waals surface area contributed by atoms with Gasteiger partial charge in [0.25, 0.3) is 10.0 Å². The smallest absolute Gasteiger partial charge is 0.261 e. The number of carbonyl (C=O) groups excluding carboxylic acids is 2. The number of anilines is 1. The van der Waals surface area contributed by atoms with Crippen molar-refractivity contribution in [2.24, 2.45) is 0 Å². The van der Waals surface area contributed by atoms with Gasteiger partial charge in [0.15, 0.2) is 0 Å². The lowest BCUT2D eigenvalue weighted by Gasteiger charge is -2.15. The molecule has 0 unspecified atom stereocenters. The van der Waals surface area contributed by atoms with Crippen LogP contribution in [-0.4, -0.2) is 46.7 Å². The molecule has 0 spiro atoms. The summed E-state index contributed by atoms with van der Waals surface area (Å²) in [6.07, 6.45) is 3.14. The molecule has 1 atom stereocenters. The molecule has 1 aliphatic heterocycles. The van der Waals surface area contributed by atoms with Gasteiger partial charge in [-0.2, -0.15) is 0 Å². The second-order valence-corrected chi connectivity index (χ2v) is 9.85. The van der Waals surface area contributed by atoms with E-state index < -0.39 is 15.9 Å². The maximum absolute atomic E-state index is 13.1. The van der Waals surface area contributed by atoms with Gasteiger partial charge in [0.05, 0.1) is 22.0 Å². The predicted octanol–water partition coefficient (Wildman–Crippen LogP) is 3.00. The molecule has 1 saturated heterocycles. The molecule has 9 nitrogen and oxygen atoms in total. The van der Waals surface area contributed by atoms with E-state index in [0.717, 1.165) is 10.5 Å². The fraction of sp³-hybridized carbons (Fsp3) is 0.167. The molecule has 2 aromatic carbocycles. The van der Waals surface area contributed by atoms with E-state index in [0.29, 0.717) is 22.3 Å². The molecule has 1 N–H and O–H groups in total. The zero-order chi connectivity index (χ0) is 24.0. The summed E-state index contributed by atoms with van der Waals surface area (Å²) >= 11 is 0. The summed E-state index contributed by atoms with van der Waals surface area (Å²) in [5, 5.41) is 0.682. The van der Waals surface area contributed by atoms with Crippen LogP contribution >= 0.6 is 0 Å². The van der Waals surface area contributed by atoms with Gasteiger partial charge in [0.2, 0.25) is 17.8 Å². The molecule has 172 valence electrons. The molecule has 2 amide bonds. The summed E-state index contributed by atoms with van der Waals surface area (Å²) in [5.41, 5.74) is 2.27. The molecule has 3 heterocycles. The normalized spacial score (nSPS) is 16.4. The average Bonchev–Trinajstić information content (AvgIpc) is 3.33. The van der Waals surface area contributed by atoms with Crippen LogP contribution < -0.4 is 4.72 Å². The first-order valence-electron chi connectivity index (χ1n) is 10.6. The van der Waals surface area contributed by atoms with E-state index in [2.05, 4.69) is 14.7 Å². The number of aryl methyl sites for hydroxylation is 1. The van der Waals surface area contributed by atoms with Gasteiger partial charge in [-0.15, -0.1) is 0 Å². The predicted molar refractivity (Wildman–Crippen MR) is 126 cm³/mol. The van der Waals surface area contributed by atoms with Crippen LogP contribution in [0.2, 0.25) is 0 Å². The molecule has 0 bridgehead atoms. The third-order valence-electron chi connectivity index (χ3n) is 5.92. The van der Waals surface area contributed by atoms with Gasteiger partial charge in [0.1, 0.15) is 0 Å². The minimum atomic E-state index is -3.89. The Bertz CT molecular complexity index is 1530. The highest BCUT2D eigenvalue weighted by atomic mass is 32.2. The number of likely N-dealkylation sites (N-methyl/N-ethyl adjacent to an activating group) is 1. The number of hydrogen-bond acceptors (Lipinski definition) is 6. The lowest BCUT2D eigenvalue weighted by Crippen LogP contribution is -2.25. The van der Waals surface area contributed by atoms with E-state index in [-0.39, 0.29) is 29.1 Å². The maximum atomic E-state index is 13.1. The first-order valence-corrected chi connectivity index (χ1v) is 12.1. The van der Waals surface area contributed by atoms with E-state index in [1.807, 2.05) is 13.0 Å². The van der Waals surface area contributed by atoms with Crippen LogP contribution in [0.25, 0.3) is 16.9 Å². The molecule has 0 radical (unpaired) electrons. The highest BCUT2D eigenvalue weighted by Gasteiger charge is 2.39. The van der Waals surface area contributed by atoms with Gasteiger partial charge in [-0.3, -0.25) is 23.8 Å². The first kappa shape index (κ1) is 21.8. The van der Waals surface area contributed by atoms with Crippen LogP contribution in [0.5, 0.6) is 0 Å². The first-order chi connectivity index (χ1) is 16.3. The minimum Gasteiger partial charge on any atom is -0.285 e. The number of imide groups is 1. The number of fused-ring (bicyclic) bond motifs is 1. The number of nitrogens with one attached hydrogen (secondary N) is 1. The quantitative estimate of drug-likeness (QED) is 0.444. The Morgan fingerprint density at radius 3 is 2.35 bits per heavy atom. The van der Waals surface area contributed by atoms with Crippen molar-refractivity contribution >= 4 is 38.4 Å². The number of nitrogens with zero attached hydrogens (tertiary/aromatic N) is 4. The highest BCUT2D eigenvalue weighted by Crippen LogP contribution is 2.37. The van der Waals surface area contributed by atoms with Gasteiger partial charge in [-0.05, 0) is 37.3 Å². The molecule has 2 aromatic heterocycles. The Balaban J connectivity index is 1.71. The Hall–Kier alpha value is -4.05. The third kappa shape index (κ3) is 3.61. The van der Waals surface area contributed by atoms with Crippen molar-refractivity contribution in [1.29, 1.82) is 0 Å². The summed E-state index contributed by atoms with van der Waals surface area (Å²) < 4.78 is 30.6. The number of rotatable bonds is 5. The van der Waals surface area contributed by atoms with E-state index in [4.69, 9.17) is 0 Å². The summed E-state index contributed by atoms with van der Waals surface area (Å²) in [6, 6.07) is 15.2. The molecule has 5 rings (SSSR count). The zero-order valence-electron chi connectivity index (χ0n) is 18.5. The zero-order valence-corrected chi connectivity index (χ0v) is 19.3. The molecule has 1 fully saturated rings. The Morgan fingerprint density at radius 2 is 1.71 bits per heavy atom. The Morgan fingerprint density at radius 1 is 1.00 bits per heavy atom. The van der Waals surface area contributed by atoms with Crippen LogP contribution in [0, 0.1) is 6.92 Å². The van der Waals surface area contributed by atoms with Crippen LogP contribution in [0.3, 0.4) is 0 Å². The van der Waals surface area contributed by atoms with Crippen LogP contribution in [-0.2, 0) is 19.6 Å². The molecular formula is C24H21N5O4S. The summed E-state index contributed by atoms with van der Waals surface area (Å²) in [7, 11) is -2.44. The largest absolute Gasteiger partial charge is 0.285 e. The maximum Gasteiger partial charge on any atom is 0.261 e. The number of amides is 2. The molecular weight excluding hydrogens is 454 g/mol. The Kier molecular flexibility index (Phi) is 5.17. The number of likely N-dealkylation sites (tertiary alicyclic amines) is 1. The van der Waals surface area contributed by atoms with E-state index >= 15 is 0 Å². The van der Waals surface area contributed by atoms with Crippen molar-refractivity contribution in [2.45, 2.75) is 24.2 Å². The van der Waals surface area contributed by atoms with Crippen molar-refractivity contribution in [3.8, 4) is 5.95 Å². The number of carbonyl (C=O) groups is 2. The van der Waals surface area contributed by atoms with E-state index in [9.17, 15) is 18.0 Å². The molecule has 0 saturated carbocycles. The van der Waals surface area contributed by atoms with Gasteiger partial charge < -0.3 is 0 Å². The van der Waals surface area contributed by atoms with Crippen molar-refractivity contribution in [3.05, 3.63) is 78.2 Å². The SMILES string of the molecule is Cc1ccc(S(=O)(=O)Nc2cccc3cc([C@H]4CC(=O)N(C)C4=O)n(-c4ncccn4)c23)cc1. The third-order valence-corrected chi connectivity index (χ3v) is 7.30. The minimum absolute atomic E-state index is 0.0168. The van der Waals surface area contributed by atoms with Crippen molar-refractivity contribution in [2.75, 3.05) is 11.8 Å². The number of benzene rings is 2. The van der Waals surface area contributed by atoms with Gasteiger partial charge in [-0.25, -0.2) is 18.4 Å². The summed E-state index contributed by atoms with van der Waals surface area (Å²) in [6.45, 7) is 1.88. The molecule has 4 aromatic rings. The van der Waals surface area contributed by atoms with Crippen LogP contribution in [0.1, 0.15) is 23.6 Å². The monoisotopic (exact) mass is 475 g/mol. The topological polar surface area (TPSA) is 114 Å². The van der Waals surface area contributed by atoms with Gasteiger partial charge >= 0.3 is 0 Å². The fourth-order valence-corrected chi connectivity index (χ4v) is 5.22. The van der Waals surface area contributed by atoms with Crippen LogP contribution in [0.15, 0.2) is 71.9 Å². The number of hydrogen-bond donors (Lipinski definition) is 1. The molecule has 0 aliphatic carbocycles. The van der Waals surface area contributed by atoms with Gasteiger partial charge in [-0.1, -0.05) is 29.8 Å². The van der Waals surface area contributed by atoms with Gasteiger partial charge in [0, 0.05) is 36.9 Å².